The van der Waals surface area contributed by atoms with Crippen molar-refractivity contribution in [3.05, 3.63) is 50.1 Å². The lowest BCUT2D eigenvalue weighted by Gasteiger charge is -2.13. The van der Waals surface area contributed by atoms with Gasteiger partial charge < -0.3 is 10.1 Å². The molecule has 0 saturated carbocycles. The van der Waals surface area contributed by atoms with E-state index in [0.717, 1.165) is 38.5 Å². The number of thiophene rings is 1. The highest BCUT2D eigenvalue weighted by atomic mass is 35.5. The molecule has 0 fully saturated rings. The highest BCUT2D eigenvalue weighted by Crippen LogP contribution is 2.28. The largest absolute Gasteiger partial charge is 0.488 e. The van der Waals surface area contributed by atoms with Crippen LogP contribution in [0.2, 0.25) is 9.36 Å². The molecule has 0 unspecified atom stereocenters. The Morgan fingerprint density at radius 3 is 2.75 bits per heavy atom. The van der Waals surface area contributed by atoms with Gasteiger partial charge in [0.1, 0.15) is 12.4 Å². The average molecular weight is 330 g/mol. The smallest absolute Gasteiger partial charge is 0.125 e. The summed E-state index contributed by atoms with van der Waals surface area (Å²) in [6.07, 6.45) is 1.09. The highest BCUT2D eigenvalue weighted by Gasteiger charge is 2.08. The number of ether oxygens (including phenoxy) is 1. The van der Waals surface area contributed by atoms with Gasteiger partial charge in [-0.05, 0) is 37.2 Å². The minimum absolute atomic E-state index is 0.512. The van der Waals surface area contributed by atoms with Gasteiger partial charge in [0.05, 0.1) is 4.34 Å². The van der Waals surface area contributed by atoms with Crippen LogP contribution in [0.5, 0.6) is 5.75 Å². The van der Waals surface area contributed by atoms with Crippen LogP contribution in [0.25, 0.3) is 0 Å². The standard InChI is InChI=1S/C15H17Cl2NOS/c1-2-8-18-9-12-13(16)4-3-5-14(12)19-10-11-6-7-15(17)20-11/h3-7,18H,2,8-10H2,1H3. The van der Waals surface area contributed by atoms with E-state index in [1.165, 1.54) is 11.3 Å². The van der Waals surface area contributed by atoms with Crippen molar-refractivity contribution in [2.45, 2.75) is 26.5 Å². The van der Waals surface area contributed by atoms with Crippen LogP contribution in [-0.2, 0) is 13.2 Å². The van der Waals surface area contributed by atoms with Crippen molar-refractivity contribution in [2.24, 2.45) is 0 Å². The zero-order chi connectivity index (χ0) is 14.4. The molecule has 1 aromatic carbocycles. The Bertz CT molecular complexity index is 557. The molecule has 1 aromatic heterocycles. The third kappa shape index (κ3) is 4.38. The molecule has 0 bridgehead atoms. The summed E-state index contributed by atoms with van der Waals surface area (Å²) in [4.78, 5) is 1.10. The van der Waals surface area contributed by atoms with Crippen LogP contribution < -0.4 is 10.1 Å². The highest BCUT2D eigenvalue weighted by molar-refractivity contribution is 7.16. The van der Waals surface area contributed by atoms with Gasteiger partial charge in [0.15, 0.2) is 0 Å². The second kappa shape index (κ2) is 7.89. The van der Waals surface area contributed by atoms with Crippen LogP contribution in [-0.4, -0.2) is 6.54 Å². The number of benzene rings is 1. The summed E-state index contributed by atoms with van der Waals surface area (Å²) >= 11 is 13.7. The number of hydrogen-bond acceptors (Lipinski definition) is 3. The Labute approximate surface area is 133 Å². The molecule has 108 valence electrons. The molecule has 0 aliphatic rings. The Morgan fingerprint density at radius 1 is 1.20 bits per heavy atom. The minimum Gasteiger partial charge on any atom is -0.488 e. The lowest BCUT2D eigenvalue weighted by Crippen LogP contribution is -2.15. The fraction of sp³-hybridized carbons (Fsp3) is 0.333. The normalized spacial score (nSPS) is 10.8. The van der Waals surface area contributed by atoms with E-state index >= 15 is 0 Å². The summed E-state index contributed by atoms with van der Waals surface area (Å²) in [6, 6.07) is 9.60. The first kappa shape index (κ1) is 15.6. The molecule has 2 aromatic rings. The lowest BCUT2D eigenvalue weighted by atomic mass is 10.2. The molecule has 20 heavy (non-hydrogen) atoms. The van der Waals surface area contributed by atoms with Crippen LogP contribution in [0, 0.1) is 0 Å². The van der Waals surface area contributed by atoms with Gasteiger partial charge in [-0.1, -0.05) is 36.2 Å². The van der Waals surface area contributed by atoms with Gasteiger partial charge in [-0.25, -0.2) is 0 Å². The number of halogens is 2. The van der Waals surface area contributed by atoms with Crippen LogP contribution in [0.15, 0.2) is 30.3 Å². The molecular weight excluding hydrogens is 313 g/mol. The van der Waals surface area contributed by atoms with Gasteiger partial charge in [-0.3, -0.25) is 0 Å². The quantitative estimate of drug-likeness (QED) is 0.710. The fourth-order valence-electron chi connectivity index (χ4n) is 1.81. The molecule has 5 heteroatoms. The SMILES string of the molecule is CCCNCc1c(Cl)cccc1OCc1ccc(Cl)s1. The topological polar surface area (TPSA) is 21.3 Å². The number of nitrogens with one attached hydrogen (secondary N) is 1. The van der Waals surface area contributed by atoms with Crippen molar-refractivity contribution >= 4 is 34.5 Å². The molecule has 2 rings (SSSR count). The van der Waals surface area contributed by atoms with E-state index in [0.29, 0.717) is 13.2 Å². The summed E-state index contributed by atoms with van der Waals surface area (Å²) in [5.41, 5.74) is 1.00. The Hall–Kier alpha value is -0.740. The number of hydrogen-bond donors (Lipinski definition) is 1. The average Bonchev–Trinajstić information content (AvgIpc) is 2.85. The van der Waals surface area contributed by atoms with Crippen molar-refractivity contribution in [3.8, 4) is 5.75 Å². The second-order valence-electron chi connectivity index (χ2n) is 4.39. The van der Waals surface area contributed by atoms with Crippen molar-refractivity contribution in [1.29, 1.82) is 0 Å². The summed E-state index contributed by atoms with van der Waals surface area (Å²) in [5, 5.41) is 4.08. The maximum absolute atomic E-state index is 6.26. The molecule has 2 nitrogen and oxygen atoms in total. The molecule has 0 aliphatic heterocycles. The summed E-state index contributed by atoms with van der Waals surface area (Å²) in [6.45, 7) is 4.33. The molecule has 0 atom stereocenters. The molecule has 1 N–H and O–H groups in total. The molecule has 0 radical (unpaired) electrons. The Morgan fingerprint density at radius 2 is 2.05 bits per heavy atom. The maximum atomic E-state index is 6.26. The minimum atomic E-state index is 0.512. The first-order valence-corrected chi connectivity index (χ1v) is 8.13. The van der Waals surface area contributed by atoms with Gasteiger partial charge >= 0.3 is 0 Å². The van der Waals surface area contributed by atoms with Crippen molar-refractivity contribution in [1.82, 2.24) is 5.32 Å². The second-order valence-corrected chi connectivity index (χ2v) is 6.59. The van der Waals surface area contributed by atoms with Crippen LogP contribution in [0.4, 0.5) is 0 Å². The van der Waals surface area contributed by atoms with E-state index in [-0.39, 0.29) is 0 Å². The molecule has 0 amide bonds. The van der Waals surface area contributed by atoms with Crippen molar-refractivity contribution in [2.75, 3.05) is 6.54 Å². The van der Waals surface area contributed by atoms with Gasteiger partial charge in [-0.2, -0.15) is 0 Å². The fourth-order valence-corrected chi connectivity index (χ4v) is 3.05. The van der Waals surface area contributed by atoms with Gasteiger partial charge in [0.25, 0.3) is 0 Å². The molecule has 0 saturated heterocycles. The van der Waals surface area contributed by atoms with Gasteiger partial charge in [-0.15, -0.1) is 11.3 Å². The van der Waals surface area contributed by atoms with E-state index in [1.54, 1.807) is 0 Å². The Balaban J connectivity index is 2.04. The van der Waals surface area contributed by atoms with Gasteiger partial charge in [0, 0.05) is 22.0 Å². The third-order valence-corrected chi connectivity index (χ3v) is 4.36. The lowest BCUT2D eigenvalue weighted by molar-refractivity contribution is 0.305. The van der Waals surface area contributed by atoms with Crippen LogP contribution in [0.1, 0.15) is 23.8 Å². The van der Waals surface area contributed by atoms with E-state index in [9.17, 15) is 0 Å². The van der Waals surface area contributed by atoms with E-state index in [1.807, 2.05) is 30.3 Å². The summed E-state index contributed by atoms with van der Waals surface area (Å²) in [5.74, 6) is 0.825. The molecule has 1 heterocycles. The first-order chi connectivity index (χ1) is 9.70. The predicted octanol–water partition coefficient (Wildman–Crippen LogP) is 5.13. The third-order valence-electron chi connectivity index (χ3n) is 2.80. The van der Waals surface area contributed by atoms with Crippen LogP contribution in [0.3, 0.4) is 0 Å². The van der Waals surface area contributed by atoms with E-state index < -0.39 is 0 Å². The zero-order valence-corrected chi connectivity index (χ0v) is 13.6. The predicted molar refractivity (Wildman–Crippen MR) is 87.1 cm³/mol. The molecule has 0 spiro atoms. The van der Waals surface area contributed by atoms with E-state index in [2.05, 4.69) is 12.2 Å². The van der Waals surface area contributed by atoms with Crippen LogP contribution >= 0.6 is 34.5 Å². The molecular formula is C15H17Cl2NOS. The summed E-state index contributed by atoms with van der Waals surface area (Å²) < 4.78 is 6.65. The van der Waals surface area contributed by atoms with Crippen molar-refractivity contribution < 1.29 is 4.74 Å². The maximum Gasteiger partial charge on any atom is 0.125 e. The summed E-state index contributed by atoms with van der Waals surface area (Å²) in [7, 11) is 0. The Kier molecular flexibility index (Phi) is 6.17. The number of rotatable bonds is 7. The first-order valence-electron chi connectivity index (χ1n) is 6.56. The van der Waals surface area contributed by atoms with Gasteiger partial charge in [0.2, 0.25) is 0 Å². The van der Waals surface area contributed by atoms with Crippen molar-refractivity contribution in [3.63, 3.8) is 0 Å². The molecule has 0 aliphatic carbocycles. The zero-order valence-electron chi connectivity index (χ0n) is 11.3. The monoisotopic (exact) mass is 329 g/mol. The van der Waals surface area contributed by atoms with E-state index in [4.69, 9.17) is 27.9 Å².